The molecular weight excluding hydrogens is 266 g/mol. The molecule has 1 unspecified atom stereocenters. The van der Waals surface area contributed by atoms with Gasteiger partial charge in [-0.15, -0.1) is 0 Å². The molecule has 21 heavy (non-hydrogen) atoms. The van der Waals surface area contributed by atoms with Crippen molar-refractivity contribution in [2.24, 2.45) is 0 Å². The number of hydrogen-bond acceptors (Lipinski definition) is 2. The molecule has 0 aliphatic carbocycles. The summed E-state index contributed by atoms with van der Waals surface area (Å²) in [4.78, 5) is 26.0. The number of carbonyl (C=O) groups is 2. The van der Waals surface area contributed by atoms with Gasteiger partial charge in [-0.2, -0.15) is 0 Å². The molecule has 0 bridgehead atoms. The van der Waals surface area contributed by atoms with E-state index in [1.54, 1.807) is 24.3 Å². The first-order valence-electron chi connectivity index (χ1n) is 7.57. The van der Waals surface area contributed by atoms with E-state index in [0.717, 1.165) is 19.4 Å². The summed E-state index contributed by atoms with van der Waals surface area (Å²) < 4.78 is 0. The quantitative estimate of drug-likeness (QED) is 0.899. The van der Waals surface area contributed by atoms with E-state index in [0.29, 0.717) is 17.8 Å². The smallest absolute Gasteiger partial charge is 0.322 e. The fraction of sp³-hybridized carbons (Fsp3) is 0.500. The second kappa shape index (κ2) is 7.11. The van der Waals surface area contributed by atoms with Crippen molar-refractivity contribution in [1.82, 2.24) is 10.2 Å². The summed E-state index contributed by atoms with van der Waals surface area (Å²) in [6, 6.07) is 7.21. The lowest BCUT2D eigenvalue weighted by molar-refractivity contribution is 0.0955. The van der Waals surface area contributed by atoms with Gasteiger partial charge in [0, 0.05) is 30.4 Å². The predicted molar refractivity (Wildman–Crippen MR) is 83.5 cm³/mol. The largest absolute Gasteiger partial charge is 0.352 e. The normalized spacial score (nSPS) is 18.2. The van der Waals surface area contributed by atoms with Crippen molar-refractivity contribution in [3.05, 3.63) is 29.8 Å². The number of amides is 3. The van der Waals surface area contributed by atoms with Gasteiger partial charge in [0.25, 0.3) is 5.91 Å². The van der Waals surface area contributed by atoms with Crippen LogP contribution < -0.4 is 10.6 Å². The second-order valence-electron chi connectivity index (χ2n) is 5.41. The lowest BCUT2D eigenvalue weighted by atomic mass is 10.0. The number of likely N-dealkylation sites (tertiary alicyclic amines) is 1. The minimum absolute atomic E-state index is 0.0877. The number of piperidine rings is 1. The zero-order valence-electron chi connectivity index (χ0n) is 12.7. The van der Waals surface area contributed by atoms with E-state index < -0.39 is 0 Å². The van der Waals surface area contributed by atoms with Gasteiger partial charge in [-0.1, -0.05) is 6.07 Å². The molecule has 5 nitrogen and oxygen atoms in total. The molecule has 1 aliphatic heterocycles. The van der Waals surface area contributed by atoms with Gasteiger partial charge < -0.3 is 15.5 Å². The summed E-state index contributed by atoms with van der Waals surface area (Å²) in [6.07, 6.45) is 3.28. The van der Waals surface area contributed by atoms with Crippen molar-refractivity contribution in [1.29, 1.82) is 0 Å². The highest BCUT2D eigenvalue weighted by atomic mass is 16.2. The summed E-state index contributed by atoms with van der Waals surface area (Å²) in [5, 5.41) is 5.64. The minimum Gasteiger partial charge on any atom is -0.352 e. The number of hydrogen-bond donors (Lipinski definition) is 2. The fourth-order valence-corrected chi connectivity index (χ4v) is 2.60. The topological polar surface area (TPSA) is 61.4 Å². The summed E-state index contributed by atoms with van der Waals surface area (Å²) in [7, 11) is 0. The van der Waals surface area contributed by atoms with Gasteiger partial charge in [-0.25, -0.2) is 4.79 Å². The first-order valence-corrected chi connectivity index (χ1v) is 7.57. The number of nitrogens with zero attached hydrogens (tertiary/aromatic N) is 1. The van der Waals surface area contributed by atoms with Crippen molar-refractivity contribution in [3.63, 3.8) is 0 Å². The van der Waals surface area contributed by atoms with E-state index in [2.05, 4.69) is 17.6 Å². The Morgan fingerprint density at radius 3 is 2.86 bits per heavy atom. The first kappa shape index (κ1) is 15.4. The van der Waals surface area contributed by atoms with Gasteiger partial charge in [-0.3, -0.25) is 4.79 Å². The molecule has 114 valence electrons. The van der Waals surface area contributed by atoms with Crippen molar-refractivity contribution in [2.75, 3.05) is 18.4 Å². The van der Waals surface area contributed by atoms with Crippen LogP contribution in [0.4, 0.5) is 10.5 Å². The molecule has 1 aromatic rings. The van der Waals surface area contributed by atoms with Crippen LogP contribution in [0.3, 0.4) is 0 Å². The van der Waals surface area contributed by atoms with Gasteiger partial charge in [0.15, 0.2) is 0 Å². The van der Waals surface area contributed by atoms with E-state index in [9.17, 15) is 9.59 Å². The van der Waals surface area contributed by atoms with Crippen LogP contribution in [0.1, 0.15) is 43.5 Å². The molecule has 1 heterocycles. The monoisotopic (exact) mass is 289 g/mol. The molecule has 1 saturated heterocycles. The Morgan fingerprint density at radius 2 is 2.14 bits per heavy atom. The van der Waals surface area contributed by atoms with Crippen molar-refractivity contribution >= 4 is 17.6 Å². The number of carbonyl (C=O) groups excluding carboxylic acids is 2. The Bertz CT molecular complexity index is 516. The van der Waals surface area contributed by atoms with E-state index >= 15 is 0 Å². The fourth-order valence-electron chi connectivity index (χ4n) is 2.60. The SMILES string of the molecule is CCNC(=O)c1cccc(NC(=O)N2CCCCC2C)c1. The van der Waals surface area contributed by atoms with Crippen LogP contribution in [0, 0.1) is 0 Å². The number of rotatable bonds is 3. The average Bonchev–Trinajstić information content (AvgIpc) is 2.48. The molecule has 1 fully saturated rings. The number of urea groups is 1. The molecule has 0 radical (unpaired) electrons. The second-order valence-corrected chi connectivity index (χ2v) is 5.41. The Labute approximate surface area is 125 Å². The average molecular weight is 289 g/mol. The Kier molecular flexibility index (Phi) is 5.20. The van der Waals surface area contributed by atoms with E-state index in [4.69, 9.17) is 0 Å². The first-order chi connectivity index (χ1) is 10.1. The zero-order valence-corrected chi connectivity index (χ0v) is 12.7. The van der Waals surface area contributed by atoms with Crippen LogP contribution in [0.25, 0.3) is 0 Å². The summed E-state index contributed by atoms with van der Waals surface area (Å²) >= 11 is 0. The van der Waals surface area contributed by atoms with Crippen LogP contribution in [-0.2, 0) is 0 Å². The van der Waals surface area contributed by atoms with Crippen LogP contribution in [0.15, 0.2) is 24.3 Å². The minimum atomic E-state index is -0.125. The summed E-state index contributed by atoms with van der Waals surface area (Å²) in [5.74, 6) is -0.125. The van der Waals surface area contributed by atoms with Gasteiger partial charge in [0.1, 0.15) is 0 Å². The molecule has 0 saturated carbocycles. The van der Waals surface area contributed by atoms with Gasteiger partial charge >= 0.3 is 6.03 Å². The van der Waals surface area contributed by atoms with Crippen LogP contribution >= 0.6 is 0 Å². The maximum absolute atomic E-state index is 12.3. The molecule has 3 amide bonds. The molecule has 1 aromatic carbocycles. The molecular formula is C16H23N3O2. The molecule has 0 spiro atoms. The molecule has 1 atom stereocenters. The third kappa shape index (κ3) is 3.97. The summed E-state index contributed by atoms with van der Waals surface area (Å²) in [6.45, 7) is 5.33. The lowest BCUT2D eigenvalue weighted by Gasteiger charge is -2.33. The lowest BCUT2D eigenvalue weighted by Crippen LogP contribution is -2.44. The number of benzene rings is 1. The van der Waals surface area contributed by atoms with Crippen molar-refractivity contribution < 1.29 is 9.59 Å². The van der Waals surface area contributed by atoms with Crippen LogP contribution in [0.5, 0.6) is 0 Å². The predicted octanol–water partition coefficient (Wildman–Crippen LogP) is 2.84. The molecule has 5 heteroatoms. The number of nitrogens with one attached hydrogen (secondary N) is 2. The number of anilines is 1. The molecule has 1 aliphatic rings. The third-order valence-electron chi connectivity index (χ3n) is 3.78. The molecule has 0 aromatic heterocycles. The highest BCUT2D eigenvalue weighted by Crippen LogP contribution is 2.18. The molecule has 2 rings (SSSR count). The summed E-state index contributed by atoms with van der Waals surface area (Å²) in [5.41, 5.74) is 1.21. The highest BCUT2D eigenvalue weighted by molar-refractivity contribution is 5.96. The molecule has 2 N–H and O–H groups in total. The Morgan fingerprint density at radius 1 is 1.33 bits per heavy atom. The Hall–Kier alpha value is -2.04. The van der Waals surface area contributed by atoms with Crippen molar-refractivity contribution in [3.8, 4) is 0 Å². The zero-order chi connectivity index (χ0) is 15.2. The van der Waals surface area contributed by atoms with Gasteiger partial charge in [0.05, 0.1) is 0 Å². The highest BCUT2D eigenvalue weighted by Gasteiger charge is 2.23. The Balaban J connectivity index is 2.03. The van der Waals surface area contributed by atoms with E-state index in [-0.39, 0.29) is 18.0 Å². The van der Waals surface area contributed by atoms with Gasteiger partial charge in [0.2, 0.25) is 0 Å². The van der Waals surface area contributed by atoms with Crippen LogP contribution in [-0.4, -0.2) is 36.0 Å². The standard InChI is InChI=1S/C16H23N3O2/c1-3-17-15(20)13-8-6-9-14(11-13)18-16(21)19-10-5-4-7-12(19)2/h6,8-9,11-12H,3-5,7,10H2,1-2H3,(H,17,20)(H,18,21). The van der Waals surface area contributed by atoms with E-state index in [1.807, 2.05) is 11.8 Å². The maximum Gasteiger partial charge on any atom is 0.322 e. The van der Waals surface area contributed by atoms with Crippen LogP contribution in [0.2, 0.25) is 0 Å². The van der Waals surface area contributed by atoms with Crippen molar-refractivity contribution in [2.45, 2.75) is 39.2 Å². The van der Waals surface area contributed by atoms with Gasteiger partial charge in [-0.05, 0) is 51.3 Å². The third-order valence-corrected chi connectivity index (χ3v) is 3.78. The maximum atomic E-state index is 12.3. The van der Waals surface area contributed by atoms with E-state index in [1.165, 1.54) is 6.42 Å².